The molecular weight excluding hydrogens is 472 g/mol. The van der Waals surface area contributed by atoms with Crippen molar-refractivity contribution >= 4 is 31.4 Å². The van der Waals surface area contributed by atoms with E-state index in [2.05, 4.69) is 4.72 Å². The lowest BCUT2D eigenvalue weighted by Gasteiger charge is -2.16. The highest BCUT2D eigenvalue weighted by Gasteiger charge is 2.37. The molecule has 32 heavy (non-hydrogen) atoms. The number of benzene rings is 3. The zero-order valence-electron chi connectivity index (χ0n) is 16.3. The number of anilines is 2. The van der Waals surface area contributed by atoms with Crippen LogP contribution in [0, 0.1) is 12.7 Å². The third-order valence-corrected chi connectivity index (χ3v) is 7.28. The Balaban J connectivity index is 1.99. The summed E-state index contributed by atoms with van der Waals surface area (Å²) in [6.45, 7) is 1.42. The van der Waals surface area contributed by atoms with Gasteiger partial charge in [-0.3, -0.25) is 9.44 Å². The zero-order valence-corrected chi connectivity index (χ0v) is 17.9. The first kappa shape index (κ1) is 23.5. The standard InChI is InChI=1S/C20H16F4N2O4S2/c1-13-10-11-14(12-19(13)32(29,30)26-17-8-4-3-7-16(17)21)25-31(27,28)18-9-5-2-6-15(18)20(22,23)24/h2-12,25-26H,1H3. The Kier molecular flexibility index (Phi) is 6.20. The Morgan fingerprint density at radius 1 is 0.750 bits per heavy atom. The lowest BCUT2D eigenvalue weighted by Crippen LogP contribution is -2.20. The van der Waals surface area contributed by atoms with E-state index in [1.165, 1.54) is 37.3 Å². The van der Waals surface area contributed by atoms with Crippen molar-refractivity contribution in [3.8, 4) is 0 Å². The summed E-state index contributed by atoms with van der Waals surface area (Å²) >= 11 is 0. The largest absolute Gasteiger partial charge is 0.417 e. The smallest absolute Gasteiger partial charge is 0.280 e. The third-order valence-electron chi connectivity index (χ3n) is 4.33. The van der Waals surface area contributed by atoms with Crippen LogP contribution >= 0.6 is 0 Å². The van der Waals surface area contributed by atoms with E-state index in [1.807, 2.05) is 4.72 Å². The van der Waals surface area contributed by atoms with Gasteiger partial charge in [0.05, 0.1) is 26.7 Å². The highest BCUT2D eigenvalue weighted by Crippen LogP contribution is 2.35. The number of para-hydroxylation sites is 1. The molecule has 0 saturated carbocycles. The molecule has 6 nitrogen and oxygen atoms in total. The van der Waals surface area contributed by atoms with Crippen molar-refractivity contribution in [3.05, 3.63) is 83.7 Å². The Bertz CT molecular complexity index is 1370. The topological polar surface area (TPSA) is 92.3 Å². The van der Waals surface area contributed by atoms with Crippen LogP contribution < -0.4 is 9.44 Å². The van der Waals surface area contributed by atoms with Gasteiger partial charge in [-0.25, -0.2) is 21.2 Å². The van der Waals surface area contributed by atoms with Crippen LogP contribution in [-0.4, -0.2) is 16.8 Å². The molecule has 0 aliphatic rings. The Hall–Kier alpha value is -3.12. The van der Waals surface area contributed by atoms with Gasteiger partial charge in [0, 0.05) is 0 Å². The molecule has 0 unspecified atom stereocenters. The van der Waals surface area contributed by atoms with Crippen molar-refractivity contribution in [2.24, 2.45) is 0 Å². The van der Waals surface area contributed by atoms with Crippen molar-refractivity contribution in [1.82, 2.24) is 0 Å². The summed E-state index contributed by atoms with van der Waals surface area (Å²) in [5, 5.41) is 0. The van der Waals surface area contributed by atoms with E-state index in [0.29, 0.717) is 6.07 Å². The molecule has 0 aliphatic heterocycles. The highest BCUT2D eigenvalue weighted by atomic mass is 32.2. The van der Waals surface area contributed by atoms with E-state index in [9.17, 15) is 34.4 Å². The first-order valence-corrected chi connectivity index (χ1v) is 11.8. The van der Waals surface area contributed by atoms with E-state index < -0.39 is 42.5 Å². The molecule has 170 valence electrons. The summed E-state index contributed by atoms with van der Waals surface area (Å²) in [5.41, 5.74) is -1.78. The molecule has 0 aromatic heterocycles. The van der Waals surface area contributed by atoms with Gasteiger partial charge in [-0.2, -0.15) is 13.2 Å². The number of hydrogen-bond acceptors (Lipinski definition) is 4. The summed E-state index contributed by atoms with van der Waals surface area (Å²) < 4.78 is 108. The fraction of sp³-hybridized carbons (Fsp3) is 0.100. The van der Waals surface area contributed by atoms with Gasteiger partial charge in [-0.05, 0) is 48.9 Å². The summed E-state index contributed by atoms with van der Waals surface area (Å²) in [4.78, 5) is -1.40. The second kappa shape index (κ2) is 8.43. The van der Waals surface area contributed by atoms with Crippen LogP contribution in [0.5, 0.6) is 0 Å². The molecule has 0 amide bonds. The van der Waals surface area contributed by atoms with E-state index in [1.54, 1.807) is 0 Å². The molecule has 0 radical (unpaired) electrons. The van der Waals surface area contributed by atoms with Gasteiger partial charge < -0.3 is 0 Å². The number of halogens is 4. The molecule has 0 fully saturated rings. The minimum Gasteiger partial charge on any atom is -0.280 e. The van der Waals surface area contributed by atoms with Gasteiger partial charge in [-0.1, -0.05) is 30.3 Å². The van der Waals surface area contributed by atoms with Crippen LogP contribution in [0.25, 0.3) is 0 Å². The molecule has 3 aromatic rings. The fourth-order valence-electron chi connectivity index (χ4n) is 2.84. The zero-order chi connectivity index (χ0) is 23.7. The van der Waals surface area contributed by atoms with Crippen LogP contribution in [0.3, 0.4) is 0 Å². The molecule has 0 aliphatic carbocycles. The summed E-state index contributed by atoms with van der Waals surface area (Å²) in [5.74, 6) is -0.825. The van der Waals surface area contributed by atoms with Crippen molar-refractivity contribution in [2.75, 3.05) is 9.44 Å². The number of rotatable bonds is 6. The van der Waals surface area contributed by atoms with Gasteiger partial charge in [0.15, 0.2) is 0 Å². The van der Waals surface area contributed by atoms with Crippen molar-refractivity contribution < 1.29 is 34.4 Å². The monoisotopic (exact) mass is 488 g/mol. The predicted molar refractivity (Wildman–Crippen MR) is 111 cm³/mol. The average molecular weight is 488 g/mol. The van der Waals surface area contributed by atoms with Crippen LogP contribution in [-0.2, 0) is 26.2 Å². The third kappa shape index (κ3) is 5.02. The molecule has 3 rings (SSSR count). The molecule has 0 saturated heterocycles. The molecule has 0 atom stereocenters. The molecule has 0 heterocycles. The second-order valence-electron chi connectivity index (χ2n) is 6.67. The second-order valence-corrected chi connectivity index (χ2v) is 9.97. The summed E-state index contributed by atoms with van der Waals surface area (Å²) in [6, 6.07) is 12.0. The number of alkyl halides is 3. The number of hydrogen-bond donors (Lipinski definition) is 2. The van der Waals surface area contributed by atoms with Crippen molar-refractivity contribution in [2.45, 2.75) is 22.9 Å². The van der Waals surface area contributed by atoms with Crippen LogP contribution in [0.2, 0.25) is 0 Å². The summed E-state index contributed by atoms with van der Waals surface area (Å²) in [6.07, 6.45) is -4.92. The van der Waals surface area contributed by atoms with Gasteiger partial charge in [-0.15, -0.1) is 0 Å². The lowest BCUT2D eigenvalue weighted by molar-refractivity contribution is -0.139. The molecule has 2 N–H and O–H groups in total. The molecule has 0 spiro atoms. The normalized spacial score (nSPS) is 12.4. The molecular formula is C20H16F4N2O4S2. The maximum atomic E-state index is 13.8. The molecule has 12 heteroatoms. The molecule has 0 bridgehead atoms. The van der Waals surface area contributed by atoms with E-state index in [0.717, 1.165) is 30.3 Å². The fourth-order valence-corrected chi connectivity index (χ4v) is 5.46. The van der Waals surface area contributed by atoms with Crippen molar-refractivity contribution in [1.29, 1.82) is 0 Å². The maximum absolute atomic E-state index is 13.8. The first-order valence-electron chi connectivity index (χ1n) is 8.88. The lowest BCUT2D eigenvalue weighted by atomic mass is 10.2. The minimum atomic E-state index is -4.92. The van der Waals surface area contributed by atoms with Crippen LogP contribution in [0.1, 0.15) is 11.1 Å². The molecule has 3 aromatic carbocycles. The minimum absolute atomic E-state index is 0.201. The van der Waals surface area contributed by atoms with E-state index in [-0.39, 0.29) is 21.8 Å². The average Bonchev–Trinajstić information content (AvgIpc) is 2.70. The van der Waals surface area contributed by atoms with Gasteiger partial charge in [0.25, 0.3) is 20.0 Å². The SMILES string of the molecule is Cc1ccc(NS(=O)(=O)c2ccccc2C(F)(F)F)cc1S(=O)(=O)Nc1ccccc1F. The van der Waals surface area contributed by atoms with Crippen molar-refractivity contribution in [3.63, 3.8) is 0 Å². The van der Waals surface area contributed by atoms with E-state index in [4.69, 9.17) is 0 Å². The van der Waals surface area contributed by atoms with Crippen LogP contribution in [0.4, 0.5) is 28.9 Å². The van der Waals surface area contributed by atoms with Gasteiger partial charge in [0.1, 0.15) is 5.82 Å². The Morgan fingerprint density at radius 3 is 2.00 bits per heavy atom. The van der Waals surface area contributed by atoms with Crippen LogP contribution in [0.15, 0.2) is 76.5 Å². The highest BCUT2D eigenvalue weighted by molar-refractivity contribution is 7.93. The van der Waals surface area contributed by atoms with E-state index >= 15 is 0 Å². The predicted octanol–water partition coefficient (Wildman–Crippen LogP) is 4.75. The maximum Gasteiger partial charge on any atom is 0.417 e. The van der Waals surface area contributed by atoms with Gasteiger partial charge in [0.2, 0.25) is 0 Å². The Labute approximate surface area is 182 Å². The quantitative estimate of drug-likeness (QED) is 0.490. The van der Waals surface area contributed by atoms with Gasteiger partial charge >= 0.3 is 6.18 Å². The number of aryl methyl sites for hydroxylation is 1. The number of nitrogens with one attached hydrogen (secondary N) is 2. The summed E-state index contributed by atoms with van der Waals surface area (Å²) in [7, 11) is -9.06. The first-order chi connectivity index (χ1) is 14.8. The Morgan fingerprint density at radius 2 is 1.34 bits per heavy atom. The number of sulfonamides is 2.